The van der Waals surface area contributed by atoms with E-state index in [1.807, 2.05) is 11.4 Å². The van der Waals surface area contributed by atoms with Crippen LogP contribution in [-0.4, -0.2) is 11.5 Å². The van der Waals surface area contributed by atoms with Gasteiger partial charge in [0, 0.05) is 17.6 Å². The van der Waals surface area contributed by atoms with Crippen LogP contribution in [0.2, 0.25) is 0 Å². The zero-order chi connectivity index (χ0) is 13.4. The lowest BCUT2D eigenvalue weighted by Crippen LogP contribution is -2.24. The van der Waals surface area contributed by atoms with Gasteiger partial charge in [-0.05, 0) is 31.0 Å². The summed E-state index contributed by atoms with van der Waals surface area (Å²) in [6.07, 6.45) is 0.966. The summed E-state index contributed by atoms with van der Waals surface area (Å²) < 4.78 is 13.4. The molecule has 5 heteroatoms. The third kappa shape index (κ3) is 2.35. The molecule has 0 spiro atoms. The first-order valence-corrected chi connectivity index (χ1v) is 7.66. The van der Waals surface area contributed by atoms with Gasteiger partial charge in [-0.1, -0.05) is 6.07 Å². The van der Waals surface area contributed by atoms with Gasteiger partial charge in [-0.3, -0.25) is 0 Å². The standard InChI is InChI=1S/C14H14ClFN2S/c1-9(14-17-12(7-15)8-19-14)18-5-4-10-2-3-11(16)6-13(10)18/h2-3,6,8-9H,4-5,7H2,1H3. The van der Waals surface area contributed by atoms with Crippen LogP contribution in [0.3, 0.4) is 0 Å². The van der Waals surface area contributed by atoms with Gasteiger partial charge in [0.15, 0.2) is 0 Å². The van der Waals surface area contributed by atoms with Crippen LogP contribution in [0, 0.1) is 5.82 Å². The molecule has 19 heavy (non-hydrogen) atoms. The fourth-order valence-electron chi connectivity index (χ4n) is 2.49. The molecule has 1 aliphatic heterocycles. The van der Waals surface area contributed by atoms with Crippen molar-refractivity contribution in [2.45, 2.75) is 25.3 Å². The van der Waals surface area contributed by atoms with E-state index in [0.717, 1.165) is 29.4 Å². The monoisotopic (exact) mass is 296 g/mol. The summed E-state index contributed by atoms with van der Waals surface area (Å²) in [7, 11) is 0. The summed E-state index contributed by atoms with van der Waals surface area (Å²) in [6.45, 7) is 3.02. The third-order valence-electron chi connectivity index (χ3n) is 3.51. The smallest absolute Gasteiger partial charge is 0.125 e. The molecule has 0 saturated heterocycles. The average molecular weight is 297 g/mol. The van der Waals surface area contributed by atoms with Gasteiger partial charge in [0.2, 0.25) is 0 Å². The average Bonchev–Trinajstić information content (AvgIpc) is 3.04. The van der Waals surface area contributed by atoms with Crippen LogP contribution >= 0.6 is 22.9 Å². The van der Waals surface area contributed by atoms with Crippen LogP contribution in [0.25, 0.3) is 0 Å². The summed E-state index contributed by atoms with van der Waals surface area (Å²) in [4.78, 5) is 6.74. The lowest BCUT2D eigenvalue weighted by Gasteiger charge is -2.25. The molecule has 0 bridgehead atoms. The van der Waals surface area contributed by atoms with Gasteiger partial charge in [-0.2, -0.15) is 0 Å². The number of aromatic nitrogens is 1. The zero-order valence-electron chi connectivity index (χ0n) is 10.6. The first kappa shape index (κ1) is 12.9. The van der Waals surface area contributed by atoms with Crippen LogP contribution in [-0.2, 0) is 12.3 Å². The van der Waals surface area contributed by atoms with Crippen LogP contribution < -0.4 is 4.90 Å². The molecule has 1 aliphatic rings. The number of benzene rings is 1. The molecule has 2 aromatic rings. The van der Waals surface area contributed by atoms with Gasteiger partial charge in [-0.15, -0.1) is 22.9 Å². The van der Waals surface area contributed by atoms with Crippen molar-refractivity contribution >= 4 is 28.6 Å². The van der Waals surface area contributed by atoms with Crippen molar-refractivity contribution in [1.29, 1.82) is 0 Å². The van der Waals surface area contributed by atoms with Gasteiger partial charge >= 0.3 is 0 Å². The fraction of sp³-hybridized carbons (Fsp3) is 0.357. The van der Waals surface area contributed by atoms with E-state index < -0.39 is 0 Å². The fourth-order valence-corrected chi connectivity index (χ4v) is 3.60. The Kier molecular flexibility index (Phi) is 3.46. The van der Waals surface area contributed by atoms with Gasteiger partial charge in [0.1, 0.15) is 10.8 Å². The molecular formula is C14H14ClFN2S. The molecule has 2 heterocycles. The number of hydrogen-bond acceptors (Lipinski definition) is 3. The van der Waals surface area contributed by atoms with Crippen LogP contribution in [0.5, 0.6) is 0 Å². The van der Waals surface area contributed by atoms with Crippen molar-refractivity contribution in [3.05, 3.63) is 45.7 Å². The second kappa shape index (κ2) is 5.10. The van der Waals surface area contributed by atoms with E-state index in [1.54, 1.807) is 17.4 Å². The Bertz CT molecular complexity index is 599. The topological polar surface area (TPSA) is 16.1 Å². The number of thiazole rings is 1. The molecule has 1 aromatic heterocycles. The molecule has 1 atom stereocenters. The number of alkyl halides is 1. The molecule has 0 radical (unpaired) electrons. The number of rotatable bonds is 3. The van der Waals surface area contributed by atoms with Crippen molar-refractivity contribution in [2.75, 3.05) is 11.4 Å². The van der Waals surface area contributed by atoms with E-state index in [2.05, 4.69) is 16.8 Å². The predicted molar refractivity (Wildman–Crippen MR) is 77.5 cm³/mol. The summed E-state index contributed by atoms with van der Waals surface area (Å²) in [5.74, 6) is 0.257. The van der Waals surface area contributed by atoms with E-state index in [-0.39, 0.29) is 11.9 Å². The van der Waals surface area contributed by atoms with E-state index in [4.69, 9.17) is 11.6 Å². The highest BCUT2D eigenvalue weighted by Crippen LogP contribution is 2.36. The van der Waals surface area contributed by atoms with E-state index in [1.165, 1.54) is 11.6 Å². The first-order valence-electron chi connectivity index (χ1n) is 6.24. The molecule has 0 aliphatic carbocycles. The second-order valence-corrected chi connectivity index (χ2v) is 5.86. The highest BCUT2D eigenvalue weighted by molar-refractivity contribution is 7.09. The highest BCUT2D eigenvalue weighted by Gasteiger charge is 2.26. The Morgan fingerprint density at radius 3 is 3.11 bits per heavy atom. The van der Waals surface area contributed by atoms with Crippen LogP contribution in [0.1, 0.15) is 29.2 Å². The van der Waals surface area contributed by atoms with Crippen LogP contribution in [0.15, 0.2) is 23.6 Å². The lowest BCUT2D eigenvalue weighted by atomic mass is 10.1. The number of nitrogens with zero attached hydrogens (tertiary/aromatic N) is 2. The molecule has 2 nitrogen and oxygen atoms in total. The van der Waals surface area contributed by atoms with Gasteiger partial charge in [-0.25, -0.2) is 9.37 Å². The van der Waals surface area contributed by atoms with Gasteiger partial charge in [0.25, 0.3) is 0 Å². The Morgan fingerprint density at radius 1 is 1.53 bits per heavy atom. The molecule has 0 amide bonds. The minimum Gasteiger partial charge on any atom is -0.362 e. The number of anilines is 1. The Hall–Kier alpha value is -1.13. The molecule has 3 rings (SSSR count). The van der Waals surface area contributed by atoms with Crippen molar-refractivity contribution < 1.29 is 4.39 Å². The van der Waals surface area contributed by atoms with E-state index >= 15 is 0 Å². The number of hydrogen-bond donors (Lipinski definition) is 0. The quantitative estimate of drug-likeness (QED) is 0.791. The normalized spacial score (nSPS) is 15.6. The summed E-state index contributed by atoms with van der Waals surface area (Å²) in [5, 5.41) is 3.02. The third-order valence-corrected chi connectivity index (χ3v) is 4.85. The lowest BCUT2D eigenvalue weighted by molar-refractivity contribution is 0.625. The van der Waals surface area contributed by atoms with Crippen molar-refractivity contribution in [3.63, 3.8) is 0 Å². The molecule has 0 fully saturated rings. The van der Waals surface area contributed by atoms with Gasteiger partial charge < -0.3 is 4.90 Å². The highest BCUT2D eigenvalue weighted by atomic mass is 35.5. The summed E-state index contributed by atoms with van der Waals surface area (Å²) in [5.41, 5.74) is 3.12. The number of fused-ring (bicyclic) bond motifs is 1. The molecule has 100 valence electrons. The zero-order valence-corrected chi connectivity index (χ0v) is 12.1. The molecule has 0 saturated carbocycles. The maximum absolute atomic E-state index is 13.4. The van der Waals surface area contributed by atoms with Crippen molar-refractivity contribution in [2.24, 2.45) is 0 Å². The number of halogens is 2. The Labute approximate surface area is 120 Å². The maximum Gasteiger partial charge on any atom is 0.125 e. The largest absolute Gasteiger partial charge is 0.362 e. The first-order chi connectivity index (χ1) is 9.19. The second-order valence-electron chi connectivity index (χ2n) is 4.70. The van der Waals surface area contributed by atoms with Crippen molar-refractivity contribution in [3.8, 4) is 0 Å². The molecular weight excluding hydrogens is 283 g/mol. The molecule has 0 N–H and O–H groups in total. The Balaban J connectivity index is 1.90. The summed E-state index contributed by atoms with van der Waals surface area (Å²) in [6, 6.07) is 5.19. The SMILES string of the molecule is CC(c1nc(CCl)cs1)N1CCc2ccc(F)cc21. The molecule has 1 unspecified atom stereocenters. The van der Waals surface area contributed by atoms with Crippen LogP contribution in [0.4, 0.5) is 10.1 Å². The predicted octanol–water partition coefficient (Wildman–Crippen LogP) is 4.14. The van der Waals surface area contributed by atoms with Crippen molar-refractivity contribution in [1.82, 2.24) is 4.98 Å². The van der Waals surface area contributed by atoms with E-state index in [9.17, 15) is 4.39 Å². The maximum atomic E-state index is 13.4. The van der Waals surface area contributed by atoms with E-state index in [0.29, 0.717) is 5.88 Å². The minimum absolute atomic E-state index is 0.157. The minimum atomic E-state index is -0.182. The summed E-state index contributed by atoms with van der Waals surface area (Å²) >= 11 is 7.40. The van der Waals surface area contributed by atoms with Gasteiger partial charge in [0.05, 0.1) is 17.6 Å². The Morgan fingerprint density at radius 2 is 2.37 bits per heavy atom. The molecule has 1 aromatic carbocycles.